The van der Waals surface area contributed by atoms with E-state index in [-0.39, 0.29) is 6.61 Å². The third kappa shape index (κ3) is 1.56. The maximum atomic E-state index is 8.91. The Morgan fingerprint density at radius 1 is 1.58 bits per heavy atom. The van der Waals surface area contributed by atoms with E-state index in [1.54, 1.807) is 6.20 Å². The summed E-state index contributed by atoms with van der Waals surface area (Å²) in [7, 11) is 0. The van der Waals surface area contributed by atoms with Crippen LogP contribution in [0, 0.1) is 0 Å². The Hall–Kier alpha value is -1.09. The van der Waals surface area contributed by atoms with E-state index < -0.39 is 0 Å². The summed E-state index contributed by atoms with van der Waals surface area (Å²) in [6, 6.07) is 3.66. The number of nitrogens with zero attached hydrogens (tertiary/aromatic N) is 1. The normalized spacial score (nSPS) is 16.1. The number of hydrogen-bond donors (Lipinski definition) is 1. The van der Waals surface area contributed by atoms with Crippen LogP contribution in [-0.2, 0) is 6.61 Å². The van der Waals surface area contributed by atoms with Gasteiger partial charge in [0.05, 0.1) is 12.7 Å². The largest absolute Gasteiger partial charge is 0.488 e. The smallest absolute Gasteiger partial charge is 0.143 e. The average Bonchev–Trinajstić information content (AvgIpc) is 2.89. The van der Waals surface area contributed by atoms with E-state index in [1.165, 1.54) is 0 Å². The third-order valence-electron chi connectivity index (χ3n) is 1.82. The number of pyridine rings is 1. The van der Waals surface area contributed by atoms with Gasteiger partial charge in [-0.3, -0.25) is 4.98 Å². The van der Waals surface area contributed by atoms with Crippen molar-refractivity contribution in [3.05, 3.63) is 24.0 Å². The lowest BCUT2D eigenvalue weighted by molar-refractivity contribution is 0.252. The third-order valence-corrected chi connectivity index (χ3v) is 1.82. The van der Waals surface area contributed by atoms with Crippen molar-refractivity contribution in [2.24, 2.45) is 0 Å². The second-order valence-electron chi connectivity index (χ2n) is 2.92. The van der Waals surface area contributed by atoms with Gasteiger partial charge in [-0.25, -0.2) is 0 Å². The summed E-state index contributed by atoms with van der Waals surface area (Å²) in [5.41, 5.74) is 0.629. The molecule has 0 aliphatic heterocycles. The summed E-state index contributed by atoms with van der Waals surface area (Å²) in [6.45, 7) is -0.0527. The fourth-order valence-electron chi connectivity index (χ4n) is 1.01. The Kier molecular flexibility index (Phi) is 1.96. The molecule has 12 heavy (non-hydrogen) atoms. The minimum atomic E-state index is -0.0527. The zero-order valence-electron chi connectivity index (χ0n) is 6.73. The fraction of sp³-hybridized carbons (Fsp3) is 0.444. The van der Waals surface area contributed by atoms with Crippen LogP contribution >= 0.6 is 0 Å². The molecule has 1 N–H and O–H groups in total. The Balaban J connectivity index is 2.15. The first-order valence-corrected chi connectivity index (χ1v) is 4.11. The first-order chi connectivity index (χ1) is 5.90. The van der Waals surface area contributed by atoms with Crippen LogP contribution in [0.5, 0.6) is 5.75 Å². The van der Waals surface area contributed by atoms with Crippen molar-refractivity contribution in [2.45, 2.75) is 25.6 Å². The first kappa shape index (κ1) is 7.55. The van der Waals surface area contributed by atoms with Crippen molar-refractivity contribution in [1.29, 1.82) is 0 Å². The molecule has 0 aromatic carbocycles. The monoisotopic (exact) mass is 165 g/mol. The molecule has 1 aliphatic carbocycles. The molecule has 0 saturated heterocycles. The summed E-state index contributed by atoms with van der Waals surface area (Å²) < 4.78 is 5.52. The Morgan fingerprint density at radius 3 is 3.08 bits per heavy atom. The quantitative estimate of drug-likeness (QED) is 0.729. The van der Waals surface area contributed by atoms with Gasteiger partial charge < -0.3 is 9.84 Å². The first-order valence-electron chi connectivity index (χ1n) is 4.11. The van der Waals surface area contributed by atoms with Crippen molar-refractivity contribution in [2.75, 3.05) is 0 Å². The maximum absolute atomic E-state index is 8.91. The highest BCUT2D eigenvalue weighted by atomic mass is 16.5. The summed E-state index contributed by atoms with van der Waals surface area (Å²) in [5.74, 6) is 0.725. The second kappa shape index (κ2) is 3.11. The molecule has 0 radical (unpaired) electrons. The van der Waals surface area contributed by atoms with Gasteiger partial charge in [0.2, 0.25) is 0 Å². The summed E-state index contributed by atoms with van der Waals surface area (Å²) in [5, 5.41) is 8.91. The minimum Gasteiger partial charge on any atom is -0.488 e. The van der Waals surface area contributed by atoms with Gasteiger partial charge in [0.25, 0.3) is 0 Å². The molecular formula is C9H11NO2. The number of hydrogen-bond acceptors (Lipinski definition) is 3. The van der Waals surface area contributed by atoms with Crippen molar-refractivity contribution in [3.8, 4) is 5.75 Å². The zero-order chi connectivity index (χ0) is 8.39. The Labute approximate surface area is 71.0 Å². The molecular weight excluding hydrogens is 154 g/mol. The molecule has 0 unspecified atom stereocenters. The molecule has 1 aromatic heterocycles. The van der Waals surface area contributed by atoms with Gasteiger partial charge >= 0.3 is 0 Å². The van der Waals surface area contributed by atoms with Crippen molar-refractivity contribution in [3.63, 3.8) is 0 Å². The molecule has 0 bridgehead atoms. The van der Waals surface area contributed by atoms with Gasteiger partial charge in [-0.1, -0.05) is 0 Å². The number of aromatic nitrogens is 1. The van der Waals surface area contributed by atoms with Gasteiger partial charge in [-0.05, 0) is 25.0 Å². The number of aliphatic hydroxyl groups is 1. The molecule has 3 nitrogen and oxygen atoms in total. The fourth-order valence-corrected chi connectivity index (χ4v) is 1.01. The highest BCUT2D eigenvalue weighted by Gasteiger charge is 2.24. The molecule has 1 aromatic rings. The van der Waals surface area contributed by atoms with E-state index in [1.807, 2.05) is 12.1 Å². The average molecular weight is 165 g/mol. The SMILES string of the molecule is OCc1ncccc1OC1CC1. The van der Waals surface area contributed by atoms with Gasteiger partial charge in [0, 0.05) is 6.20 Å². The van der Waals surface area contributed by atoms with E-state index in [0.29, 0.717) is 11.8 Å². The topological polar surface area (TPSA) is 42.4 Å². The zero-order valence-corrected chi connectivity index (χ0v) is 6.73. The van der Waals surface area contributed by atoms with Gasteiger partial charge in [0.15, 0.2) is 0 Å². The lowest BCUT2D eigenvalue weighted by atomic mass is 10.3. The van der Waals surface area contributed by atoms with E-state index in [0.717, 1.165) is 18.6 Å². The van der Waals surface area contributed by atoms with E-state index in [2.05, 4.69) is 4.98 Å². The van der Waals surface area contributed by atoms with E-state index >= 15 is 0 Å². The molecule has 0 amide bonds. The van der Waals surface area contributed by atoms with E-state index in [9.17, 15) is 0 Å². The van der Waals surface area contributed by atoms with Crippen LogP contribution in [0.25, 0.3) is 0 Å². The maximum Gasteiger partial charge on any atom is 0.143 e. The molecule has 1 fully saturated rings. The molecule has 0 spiro atoms. The second-order valence-corrected chi connectivity index (χ2v) is 2.92. The Morgan fingerprint density at radius 2 is 2.42 bits per heavy atom. The lowest BCUT2D eigenvalue weighted by Gasteiger charge is -2.06. The molecule has 1 saturated carbocycles. The molecule has 64 valence electrons. The van der Waals surface area contributed by atoms with Crippen LogP contribution in [0.2, 0.25) is 0 Å². The van der Waals surface area contributed by atoms with Crippen LogP contribution in [0.3, 0.4) is 0 Å². The predicted octanol–water partition coefficient (Wildman–Crippen LogP) is 1.12. The van der Waals surface area contributed by atoms with Crippen LogP contribution in [0.15, 0.2) is 18.3 Å². The predicted molar refractivity (Wildman–Crippen MR) is 43.8 cm³/mol. The minimum absolute atomic E-state index is 0.0527. The molecule has 0 atom stereocenters. The summed E-state index contributed by atoms with van der Waals surface area (Å²) in [4.78, 5) is 4.00. The summed E-state index contributed by atoms with van der Waals surface area (Å²) in [6.07, 6.45) is 4.27. The van der Waals surface area contributed by atoms with Crippen molar-refractivity contribution in [1.82, 2.24) is 4.98 Å². The van der Waals surface area contributed by atoms with Gasteiger partial charge in [-0.2, -0.15) is 0 Å². The van der Waals surface area contributed by atoms with Crippen LogP contribution in [0.4, 0.5) is 0 Å². The van der Waals surface area contributed by atoms with Crippen LogP contribution in [-0.4, -0.2) is 16.2 Å². The highest BCUT2D eigenvalue weighted by molar-refractivity contribution is 5.26. The lowest BCUT2D eigenvalue weighted by Crippen LogP contribution is -2.01. The molecule has 1 aliphatic rings. The van der Waals surface area contributed by atoms with Crippen molar-refractivity contribution < 1.29 is 9.84 Å². The Bertz CT molecular complexity index is 271. The number of ether oxygens (including phenoxy) is 1. The van der Waals surface area contributed by atoms with Crippen LogP contribution < -0.4 is 4.74 Å². The molecule has 3 heteroatoms. The van der Waals surface area contributed by atoms with Crippen LogP contribution in [0.1, 0.15) is 18.5 Å². The highest BCUT2D eigenvalue weighted by Crippen LogP contribution is 2.27. The number of rotatable bonds is 3. The van der Waals surface area contributed by atoms with Gasteiger partial charge in [-0.15, -0.1) is 0 Å². The number of aliphatic hydroxyl groups excluding tert-OH is 1. The van der Waals surface area contributed by atoms with E-state index in [4.69, 9.17) is 9.84 Å². The summed E-state index contributed by atoms with van der Waals surface area (Å²) >= 11 is 0. The molecule has 2 rings (SSSR count). The van der Waals surface area contributed by atoms with Crippen molar-refractivity contribution >= 4 is 0 Å². The standard InChI is InChI=1S/C9H11NO2/c11-6-8-9(2-1-5-10-8)12-7-3-4-7/h1-2,5,7,11H,3-4,6H2. The molecule has 1 heterocycles. The van der Waals surface area contributed by atoms with Gasteiger partial charge in [0.1, 0.15) is 11.4 Å².